The first-order valence-electron chi connectivity index (χ1n) is 9.24. The number of nitrogens with zero attached hydrogens (tertiary/aromatic N) is 1. The number of hydrogen-bond acceptors (Lipinski definition) is 4. The van der Waals surface area contributed by atoms with Crippen molar-refractivity contribution in [1.29, 1.82) is 5.26 Å². The average Bonchev–Trinajstić information content (AvgIpc) is 2.78. The maximum Gasteiger partial charge on any atom is 0.266 e. The number of hydrogen-bond donors (Lipinski definition) is 1. The van der Waals surface area contributed by atoms with Gasteiger partial charge >= 0.3 is 0 Å². The van der Waals surface area contributed by atoms with E-state index in [1.54, 1.807) is 30.3 Å². The first kappa shape index (κ1) is 20.6. The van der Waals surface area contributed by atoms with Crippen LogP contribution in [0.3, 0.4) is 0 Å². The maximum atomic E-state index is 13.7. The number of rotatable bonds is 8. The molecule has 0 bridgehead atoms. The van der Waals surface area contributed by atoms with Crippen molar-refractivity contribution in [3.05, 3.63) is 95.8 Å². The van der Waals surface area contributed by atoms with Crippen molar-refractivity contribution < 1.29 is 18.7 Å². The van der Waals surface area contributed by atoms with Crippen molar-refractivity contribution >= 4 is 17.7 Å². The van der Waals surface area contributed by atoms with Crippen molar-refractivity contribution in [3.63, 3.8) is 0 Å². The van der Waals surface area contributed by atoms with Crippen LogP contribution in [0.2, 0.25) is 0 Å². The maximum absolute atomic E-state index is 13.7. The minimum atomic E-state index is -0.680. The summed E-state index contributed by atoms with van der Waals surface area (Å²) in [5.74, 6) is 0.166. The number of para-hydroxylation sites is 2. The third-order valence-electron chi connectivity index (χ3n) is 4.04. The molecule has 1 amide bonds. The molecule has 0 spiro atoms. The van der Waals surface area contributed by atoms with Gasteiger partial charge in [0.05, 0.1) is 5.69 Å². The second-order valence-corrected chi connectivity index (χ2v) is 6.18. The zero-order valence-electron chi connectivity index (χ0n) is 16.0. The lowest BCUT2D eigenvalue weighted by Gasteiger charge is -2.08. The van der Waals surface area contributed by atoms with Crippen LogP contribution in [0, 0.1) is 17.1 Å². The molecule has 0 fully saturated rings. The molecule has 150 valence electrons. The van der Waals surface area contributed by atoms with E-state index >= 15 is 0 Å². The van der Waals surface area contributed by atoms with Gasteiger partial charge in [-0.3, -0.25) is 4.79 Å². The molecule has 0 aliphatic carbocycles. The molecule has 0 saturated carbocycles. The van der Waals surface area contributed by atoms with E-state index in [0.717, 1.165) is 5.75 Å². The zero-order valence-corrected chi connectivity index (χ0v) is 16.0. The standard InChI is InChI=1S/C24H19FN2O3/c25-22-8-4-5-9-23(22)27-24(28)19(17-26)16-18-10-12-21(13-11-18)30-15-14-29-20-6-2-1-3-7-20/h1-13,16H,14-15H2,(H,27,28)/b19-16+. The highest BCUT2D eigenvalue weighted by molar-refractivity contribution is 6.09. The van der Waals surface area contributed by atoms with Crippen LogP contribution < -0.4 is 14.8 Å². The van der Waals surface area contributed by atoms with Gasteiger partial charge in [0.1, 0.15) is 42.2 Å². The fourth-order valence-corrected chi connectivity index (χ4v) is 2.56. The van der Waals surface area contributed by atoms with Crippen LogP contribution in [0.25, 0.3) is 6.08 Å². The summed E-state index contributed by atoms with van der Waals surface area (Å²) in [7, 11) is 0. The van der Waals surface area contributed by atoms with Crippen LogP contribution in [0.5, 0.6) is 11.5 Å². The Labute approximate surface area is 174 Å². The van der Waals surface area contributed by atoms with E-state index in [1.807, 2.05) is 36.4 Å². The Hall–Kier alpha value is -4.11. The highest BCUT2D eigenvalue weighted by atomic mass is 19.1. The summed E-state index contributed by atoms with van der Waals surface area (Å²) >= 11 is 0. The third kappa shape index (κ3) is 5.94. The average molecular weight is 402 g/mol. The van der Waals surface area contributed by atoms with E-state index in [2.05, 4.69) is 5.32 Å². The Kier molecular flexibility index (Phi) is 7.17. The minimum absolute atomic E-state index is 0.0186. The summed E-state index contributed by atoms with van der Waals surface area (Å²) < 4.78 is 24.9. The summed E-state index contributed by atoms with van der Waals surface area (Å²) in [6.07, 6.45) is 1.43. The summed E-state index contributed by atoms with van der Waals surface area (Å²) in [5.41, 5.74) is 0.524. The predicted molar refractivity (Wildman–Crippen MR) is 112 cm³/mol. The van der Waals surface area contributed by atoms with E-state index in [4.69, 9.17) is 9.47 Å². The first-order chi connectivity index (χ1) is 14.7. The second kappa shape index (κ2) is 10.4. The highest BCUT2D eigenvalue weighted by Gasteiger charge is 2.11. The molecule has 0 aliphatic rings. The number of nitriles is 1. The smallest absolute Gasteiger partial charge is 0.266 e. The Morgan fingerprint density at radius 1 is 0.900 bits per heavy atom. The van der Waals surface area contributed by atoms with E-state index in [9.17, 15) is 14.4 Å². The molecule has 6 heteroatoms. The van der Waals surface area contributed by atoms with Crippen LogP contribution in [0.4, 0.5) is 10.1 Å². The van der Waals surface area contributed by atoms with Crippen molar-refractivity contribution in [1.82, 2.24) is 0 Å². The van der Waals surface area contributed by atoms with Crippen LogP contribution in [0.1, 0.15) is 5.56 Å². The van der Waals surface area contributed by atoms with Gasteiger partial charge in [-0.2, -0.15) is 5.26 Å². The highest BCUT2D eigenvalue weighted by Crippen LogP contribution is 2.17. The van der Waals surface area contributed by atoms with Gasteiger partial charge in [-0.05, 0) is 48.0 Å². The van der Waals surface area contributed by atoms with Crippen LogP contribution in [0.15, 0.2) is 84.4 Å². The Morgan fingerprint density at radius 2 is 1.50 bits per heavy atom. The molecule has 1 N–H and O–H groups in total. The molecule has 3 rings (SSSR count). The molecule has 30 heavy (non-hydrogen) atoms. The molecule has 0 unspecified atom stereocenters. The molecule has 0 aromatic heterocycles. The minimum Gasteiger partial charge on any atom is -0.490 e. The van der Waals surface area contributed by atoms with Crippen molar-refractivity contribution in [3.8, 4) is 17.6 Å². The van der Waals surface area contributed by atoms with Gasteiger partial charge in [0.25, 0.3) is 5.91 Å². The molecule has 0 radical (unpaired) electrons. The summed E-state index contributed by atoms with van der Waals surface area (Å²) in [4.78, 5) is 12.3. The van der Waals surface area contributed by atoms with Gasteiger partial charge in [-0.15, -0.1) is 0 Å². The van der Waals surface area contributed by atoms with Crippen molar-refractivity contribution in [2.24, 2.45) is 0 Å². The molecule has 0 aliphatic heterocycles. The molecular formula is C24H19FN2O3. The van der Waals surface area contributed by atoms with E-state index < -0.39 is 11.7 Å². The first-order valence-corrected chi connectivity index (χ1v) is 9.24. The molecule has 3 aromatic carbocycles. The monoisotopic (exact) mass is 402 g/mol. The van der Waals surface area contributed by atoms with Gasteiger partial charge in [0.15, 0.2) is 0 Å². The number of amides is 1. The third-order valence-corrected chi connectivity index (χ3v) is 4.04. The number of carbonyl (C=O) groups is 1. The van der Waals surface area contributed by atoms with Gasteiger partial charge in [-0.1, -0.05) is 42.5 Å². The van der Waals surface area contributed by atoms with Crippen molar-refractivity contribution in [2.45, 2.75) is 0 Å². The van der Waals surface area contributed by atoms with E-state index in [1.165, 1.54) is 24.3 Å². The zero-order chi connectivity index (χ0) is 21.2. The van der Waals surface area contributed by atoms with Gasteiger partial charge in [0, 0.05) is 0 Å². The summed E-state index contributed by atoms with van der Waals surface area (Å²) in [6.45, 7) is 0.777. The molecule has 3 aromatic rings. The van der Waals surface area contributed by atoms with Crippen LogP contribution in [-0.4, -0.2) is 19.1 Å². The molecule has 0 atom stereocenters. The number of carbonyl (C=O) groups excluding carboxylic acids is 1. The van der Waals surface area contributed by atoms with Gasteiger partial charge in [0.2, 0.25) is 0 Å². The molecule has 5 nitrogen and oxygen atoms in total. The van der Waals surface area contributed by atoms with Gasteiger partial charge < -0.3 is 14.8 Å². The predicted octanol–water partition coefficient (Wildman–Crippen LogP) is 4.83. The summed E-state index contributed by atoms with van der Waals surface area (Å²) in [6, 6.07) is 24.0. The fourth-order valence-electron chi connectivity index (χ4n) is 2.56. The second-order valence-electron chi connectivity index (χ2n) is 6.18. The Balaban J connectivity index is 1.55. The number of anilines is 1. The van der Waals surface area contributed by atoms with Gasteiger partial charge in [-0.25, -0.2) is 4.39 Å². The lowest BCUT2D eigenvalue weighted by molar-refractivity contribution is -0.112. The van der Waals surface area contributed by atoms with E-state index in [0.29, 0.717) is 24.5 Å². The summed E-state index contributed by atoms with van der Waals surface area (Å²) in [5, 5.41) is 11.7. The van der Waals surface area contributed by atoms with Crippen LogP contribution >= 0.6 is 0 Å². The lowest BCUT2D eigenvalue weighted by atomic mass is 10.1. The fraction of sp³-hybridized carbons (Fsp3) is 0.0833. The number of halogens is 1. The van der Waals surface area contributed by atoms with Crippen molar-refractivity contribution in [2.75, 3.05) is 18.5 Å². The SMILES string of the molecule is N#C/C(=C\c1ccc(OCCOc2ccccc2)cc1)C(=O)Nc1ccccc1F. The van der Waals surface area contributed by atoms with E-state index in [-0.39, 0.29) is 11.3 Å². The normalized spacial score (nSPS) is 10.7. The Bertz CT molecular complexity index is 1060. The van der Waals surface area contributed by atoms with Crippen LogP contribution in [-0.2, 0) is 4.79 Å². The number of ether oxygens (including phenoxy) is 2. The number of benzene rings is 3. The largest absolute Gasteiger partial charge is 0.490 e. The Morgan fingerprint density at radius 3 is 2.13 bits per heavy atom. The molecular weight excluding hydrogens is 383 g/mol. The number of nitrogens with one attached hydrogen (secondary N) is 1. The quantitative estimate of drug-likeness (QED) is 0.333. The molecule has 0 saturated heterocycles. The topological polar surface area (TPSA) is 71.3 Å². The molecule has 0 heterocycles. The lowest BCUT2D eigenvalue weighted by Crippen LogP contribution is -2.14.